The molecule has 0 bridgehead atoms. The Morgan fingerprint density at radius 2 is 0.811 bits per heavy atom. The standard InChI is InChI=1S/C27H51NO9/c1-11-28-27(18-32-15-12-21(29)35-24(2,3)4,19-33-16-13-22(30)36-25(5,6)7)20-34-17-14-23(31)37-26(8,9)10/h28H,11-20H2,1-10H3. The third kappa shape index (κ3) is 20.9. The second-order valence-electron chi connectivity index (χ2n) is 12.0. The fourth-order valence-electron chi connectivity index (χ4n) is 3.10. The van der Waals surface area contributed by atoms with Gasteiger partial charge in [-0.25, -0.2) is 0 Å². The van der Waals surface area contributed by atoms with Gasteiger partial charge in [0, 0.05) is 0 Å². The summed E-state index contributed by atoms with van der Waals surface area (Å²) in [7, 11) is 0. The van der Waals surface area contributed by atoms with Gasteiger partial charge in [-0.15, -0.1) is 0 Å². The molecule has 0 aromatic heterocycles. The monoisotopic (exact) mass is 533 g/mol. The van der Waals surface area contributed by atoms with Gasteiger partial charge < -0.3 is 33.7 Å². The molecule has 0 saturated heterocycles. The van der Waals surface area contributed by atoms with Crippen molar-refractivity contribution >= 4 is 17.9 Å². The fourth-order valence-corrected chi connectivity index (χ4v) is 3.10. The second kappa shape index (κ2) is 16.3. The minimum absolute atomic E-state index is 0.110. The van der Waals surface area contributed by atoms with Crippen LogP contribution < -0.4 is 5.32 Å². The molecule has 0 rings (SSSR count). The highest BCUT2D eigenvalue weighted by atomic mass is 16.6. The van der Waals surface area contributed by atoms with Crippen LogP contribution in [0.3, 0.4) is 0 Å². The first-order valence-corrected chi connectivity index (χ1v) is 13.0. The predicted molar refractivity (Wildman–Crippen MR) is 140 cm³/mol. The van der Waals surface area contributed by atoms with E-state index in [0.29, 0.717) is 6.54 Å². The van der Waals surface area contributed by atoms with Crippen LogP contribution in [-0.4, -0.2) is 86.4 Å². The molecule has 218 valence electrons. The lowest BCUT2D eigenvalue weighted by molar-refractivity contribution is -0.157. The van der Waals surface area contributed by atoms with Crippen molar-refractivity contribution in [2.45, 2.75) is 111 Å². The van der Waals surface area contributed by atoms with E-state index in [2.05, 4.69) is 5.32 Å². The Balaban J connectivity index is 4.99. The average molecular weight is 534 g/mol. The van der Waals surface area contributed by atoms with Crippen LogP contribution in [-0.2, 0) is 42.8 Å². The van der Waals surface area contributed by atoms with Gasteiger partial charge >= 0.3 is 17.9 Å². The van der Waals surface area contributed by atoms with Crippen molar-refractivity contribution in [2.75, 3.05) is 46.2 Å². The van der Waals surface area contributed by atoms with Crippen LogP contribution in [0.5, 0.6) is 0 Å². The first-order valence-electron chi connectivity index (χ1n) is 13.0. The summed E-state index contributed by atoms with van der Waals surface area (Å²) in [4.78, 5) is 36.0. The lowest BCUT2D eigenvalue weighted by Gasteiger charge is -2.34. The van der Waals surface area contributed by atoms with E-state index < -0.39 is 22.3 Å². The molecule has 0 aromatic rings. The largest absolute Gasteiger partial charge is 0.460 e. The van der Waals surface area contributed by atoms with E-state index in [1.807, 2.05) is 69.2 Å². The van der Waals surface area contributed by atoms with Crippen molar-refractivity contribution in [2.24, 2.45) is 0 Å². The summed E-state index contributed by atoms with van der Waals surface area (Å²) >= 11 is 0. The van der Waals surface area contributed by atoms with Crippen LogP contribution in [0, 0.1) is 0 Å². The number of nitrogens with one attached hydrogen (secondary N) is 1. The number of carbonyl (C=O) groups is 3. The molecule has 0 aliphatic heterocycles. The molecule has 0 aliphatic rings. The van der Waals surface area contributed by atoms with E-state index in [-0.39, 0.29) is 76.8 Å². The number of ether oxygens (including phenoxy) is 6. The molecular formula is C27H51NO9. The Labute approximate surface area is 223 Å². The lowest BCUT2D eigenvalue weighted by atomic mass is 10.0. The quantitative estimate of drug-likeness (QED) is 0.169. The zero-order valence-electron chi connectivity index (χ0n) is 24.7. The minimum atomic E-state index is -0.759. The van der Waals surface area contributed by atoms with Crippen LogP contribution in [0.1, 0.15) is 88.5 Å². The third-order valence-corrected chi connectivity index (χ3v) is 4.30. The van der Waals surface area contributed by atoms with Gasteiger partial charge in [0.15, 0.2) is 0 Å². The first-order chi connectivity index (χ1) is 16.9. The summed E-state index contributed by atoms with van der Waals surface area (Å²) in [6.45, 7) is 19.9. The van der Waals surface area contributed by atoms with Gasteiger partial charge in [0.25, 0.3) is 0 Å². The summed E-state index contributed by atoms with van der Waals surface area (Å²) < 4.78 is 33.4. The second-order valence-corrected chi connectivity index (χ2v) is 12.0. The Morgan fingerprint density at radius 1 is 0.541 bits per heavy atom. The number of carbonyl (C=O) groups excluding carboxylic acids is 3. The summed E-state index contributed by atoms with van der Waals surface area (Å²) in [6.07, 6.45) is 0.329. The van der Waals surface area contributed by atoms with E-state index in [1.54, 1.807) is 0 Å². The van der Waals surface area contributed by atoms with Crippen molar-refractivity contribution < 1.29 is 42.8 Å². The van der Waals surface area contributed by atoms with Gasteiger partial charge in [0.05, 0.1) is 64.4 Å². The molecule has 10 heteroatoms. The van der Waals surface area contributed by atoms with Crippen molar-refractivity contribution in [3.8, 4) is 0 Å². The maximum Gasteiger partial charge on any atom is 0.308 e. The number of esters is 3. The topological polar surface area (TPSA) is 119 Å². The number of likely N-dealkylation sites (N-methyl/N-ethyl adjacent to an activating group) is 1. The van der Waals surface area contributed by atoms with Crippen LogP contribution in [0.2, 0.25) is 0 Å². The molecule has 0 atom stereocenters. The van der Waals surface area contributed by atoms with Crippen molar-refractivity contribution in [1.82, 2.24) is 5.32 Å². The van der Waals surface area contributed by atoms with Gasteiger partial charge in [-0.1, -0.05) is 6.92 Å². The number of rotatable bonds is 17. The highest BCUT2D eigenvalue weighted by Gasteiger charge is 2.31. The molecule has 0 heterocycles. The Morgan fingerprint density at radius 3 is 1.03 bits per heavy atom. The van der Waals surface area contributed by atoms with Gasteiger partial charge in [0.2, 0.25) is 0 Å². The van der Waals surface area contributed by atoms with Crippen molar-refractivity contribution in [3.05, 3.63) is 0 Å². The maximum atomic E-state index is 12.0. The van der Waals surface area contributed by atoms with Crippen LogP contribution in [0.4, 0.5) is 0 Å². The molecule has 0 aromatic carbocycles. The van der Waals surface area contributed by atoms with Crippen LogP contribution in [0.15, 0.2) is 0 Å². The van der Waals surface area contributed by atoms with E-state index >= 15 is 0 Å². The number of hydrogen-bond donors (Lipinski definition) is 1. The van der Waals surface area contributed by atoms with Crippen molar-refractivity contribution in [3.63, 3.8) is 0 Å². The Hall–Kier alpha value is -1.75. The van der Waals surface area contributed by atoms with Crippen molar-refractivity contribution in [1.29, 1.82) is 0 Å². The highest BCUT2D eigenvalue weighted by molar-refractivity contribution is 5.70. The summed E-state index contributed by atoms with van der Waals surface area (Å²) in [5, 5.41) is 3.35. The zero-order chi connectivity index (χ0) is 28.8. The SMILES string of the molecule is CCNC(COCCC(=O)OC(C)(C)C)(COCCC(=O)OC(C)(C)C)COCCC(=O)OC(C)(C)C. The zero-order valence-corrected chi connectivity index (χ0v) is 24.7. The minimum Gasteiger partial charge on any atom is -0.460 e. The molecule has 0 aliphatic carbocycles. The molecule has 10 nitrogen and oxygen atoms in total. The van der Waals surface area contributed by atoms with Gasteiger partial charge in [-0.2, -0.15) is 0 Å². The normalized spacial score (nSPS) is 12.8. The van der Waals surface area contributed by atoms with Crippen LogP contribution in [0.25, 0.3) is 0 Å². The molecule has 37 heavy (non-hydrogen) atoms. The molecule has 0 unspecified atom stereocenters. The highest BCUT2D eigenvalue weighted by Crippen LogP contribution is 2.13. The smallest absolute Gasteiger partial charge is 0.308 e. The molecule has 0 saturated carbocycles. The summed E-state index contributed by atoms with van der Waals surface area (Å²) in [5.74, 6) is -1.03. The van der Waals surface area contributed by atoms with E-state index in [0.717, 1.165) is 0 Å². The molecule has 0 fully saturated rings. The summed E-state index contributed by atoms with van der Waals surface area (Å²) in [6, 6.07) is 0. The molecule has 0 radical (unpaired) electrons. The molecule has 0 spiro atoms. The predicted octanol–water partition coefficient (Wildman–Crippen LogP) is 3.58. The van der Waals surface area contributed by atoms with E-state index in [9.17, 15) is 14.4 Å². The maximum absolute atomic E-state index is 12.0. The van der Waals surface area contributed by atoms with Gasteiger partial charge in [0.1, 0.15) is 16.8 Å². The fraction of sp³-hybridized carbons (Fsp3) is 0.889. The van der Waals surface area contributed by atoms with Gasteiger partial charge in [-0.3, -0.25) is 14.4 Å². The summed E-state index contributed by atoms with van der Waals surface area (Å²) in [5.41, 5.74) is -2.44. The van der Waals surface area contributed by atoms with Crippen LogP contribution >= 0.6 is 0 Å². The van der Waals surface area contributed by atoms with E-state index in [1.165, 1.54) is 0 Å². The Bertz CT molecular complexity index is 599. The lowest BCUT2D eigenvalue weighted by Crippen LogP contribution is -2.56. The Kier molecular flexibility index (Phi) is 15.5. The molecule has 1 N–H and O–H groups in total. The van der Waals surface area contributed by atoms with E-state index in [4.69, 9.17) is 28.4 Å². The molecular weight excluding hydrogens is 482 g/mol. The third-order valence-electron chi connectivity index (χ3n) is 4.30. The van der Waals surface area contributed by atoms with Gasteiger partial charge in [-0.05, 0) is 68.9 Å². The molecule has 0 amide bonds. The number of hydrogen-bond acceptors (Lipinski definition) is 10. The first kappa shape index (κ1) is 35.2. The average Bonchev–Trinajstić information content (AvgIpc) is 2.68.